The second-order valence-corrected chi connectivity index (χ2v) is 7.12. The normalized spacial score (nSPS) is 33.3. The van der Waals surface area contributed by atoms with E-state index in [1.54, 1.807) is 0 Å². The van der Waals surface area contributed by atoms with Crippen LogP contribution in [0.5, 0.6) is 0 Å². The highest BCUT2D eigenvalue weighted by molar-refractivity contribution is 4.90. The number of alkyl halides is 2. The van der Waals surface area contributed by atoms with Crippen molar-refractivity contribution in [3.8, 4) is 0 Å². The van der Waals surface area contributed by atoms with E-state index in [-0.39, 0.29) is 18.9 Å². The Labute approximate surface area is 121 Å². The molecule has 2 aliphatic carbocycles. The Morgan fingerprint density at radius 2 is 1.60 bits per heavy atom. The number of halogens is 2. The quantitative estimate of drug-likeness (QED) is 0.783. The molecule has 1 heterocycles. The predicted molar refractivity (Wildman–Crippen MR) is 77.2 cm³/mol. The van der Waals surface area contributed by atoms with Gasteiger partial charge in [0.1, 0.15) is 0 Å². The molecule has 0 aromatic carbocycles. The van der Waals surface area contributed by atoms with Crippen LogP contribution in [0.2, 0.25) is 0 Å². The van der Waals surface area contributed by atoms with E-state index >= 15 is 0 Å². The smallest absolute Gasteiger partial charge is 0.249 e. The first-order valence-electron chi connectivity index (χ1n) is 8.39. The summed E-state index contributed by atoms with van der Waals surface area (Å²) in [5.74, 6) is -2.41. The van der Waals surface area contributed by atoms with Crippen LogP contribution >= 0.6 is 0 Å². The van der Waals surface area contributed by atoms with Gasteiger partial charge in [0.15, 0.2) is 0 Å². The summed E-state index contributed by atoms with van der Waals surface area (Å²) in [6.07, 6.45) is 8.27. The average Bonchev–Trinajstić information content (AvgIpc) is 2.35. The van der Waals surface area contributed by atoms with Crippen LogP contribution in [0.25, 0.3) is 0 Å². The third kappa shape index (κ3) is 3.16. The van der Waals surface area contributed by atoms with Crippen LogP contribution in [-0.4, -0.2) is 54.0 Å². The fraction of sp³-hybridized carbons (Fsp3) is 1.00. The van der Waals surface area contributed by atoms with Gasteiger partial charge in [-0.15, -0.1) is 0 Å². The van der Waals surface area contributed by atoms with Crippen molar-refractivity contribution in [2.75, 3.05) is 20.1 Å². The number of piperidine rings is 1. The highest BCUT2D eigenvalue weighted by atomic mass is 19.3. The van der Waals surface area contributed by atoms with E-state index in [1.807, 2.05) is 0 Å². The van der Waals surface area contributed by atoms with Crippen LogP contribution in [0.3, 0.4) is 0 Å². The second-order valence-electron chi connectivity index (χ2n) is 7.12. The molecule has 0 amide bonds. The van der Waals surface area contributed by atoms with Gasteiger partial charge in [0, 0.05) is 31.0 Å². The van der Waals surface area contributed by atoms with Gasteiger partial charge in [0.05, 0.1) is 0 Å². The second kappa shape index (κ2) is 5.88. The van der Waals surface area contributed by atoms with E-state index < -0.39 is 5.92 Å². The van der Waals surface area contributed by atoms with E-state index in [4.69, 9.17) is 0 Å². The van der Waals surface area contributed by atoms with E-state index in [0.29, 0.717) is 12.5 Å². The van der Waals surface area contributed by atoms with Gasteiger partial charge in [-0.1, -0.05) is 6.42 Å². The molecule has 0 radical (unpaired) electrons. The Bertz CT molecular complexity index is 322. The van der Waals surface area contributed by atoms with Crippen molar-refractivity contribution in [3.63, 3.8) is 0 Å². The van der Waals surface area contributed by atoms with Gasteiger partial charge in [-0.3, -0.25) is 0 Å². The number of likely N-dealkylation sites (tertiary alicyclic amines) is 1. The van der Waals surface area contributed by atoms with Gasteiger partial charge in [0.25, 0.3) is 0 Å². The summed E-state index contributed by atoms with van der Waals surface area (Å²) >= 11 is 0. The molecule has 0 bridgehead atoms. The monoisotopic (exact) mass is 286 g/mol. The molecule has 4 heteroatoms. The van der Waals surface area contributed by atoms with E-state index in [2.05, 4.69) is 16.8 Å². The molecule has 0 unspecified atom stereocenters. The molecule has 2 saturated carbocycles. The maximum Gasteiger partial charge on any atom is 0.249 e. The van der Waals surface area contributed by atoms with Crippen molar-refractivity contribution in [3.05, 3.63) is 0 Å². The Morgan fingerprint density at radius 1 is 0.950 bits per heavy atom. The Hall–Kier alpha value is -0.220. The molecule has 1 saturated heterocycles. The number of nitrogens with zero attached hydrogens (tertiary/aromatic N) is 2. The summed E-state index contributed by atoms with van der Waals surface area (Å²) in [5, 5.41) is 0. The van der Waals surface area contributed by atoms with Crippen LogP contribution in [0.15, 0.2) is 0 Å². The molecule has 0 spiro atoms. The molecule has 0 aromatic heterocycles. The minimum Gasteiger partial charge on any atom is -0.300 e. The largest absolute Gasteiger partial charge is 0.300 e. The molecule has 0 N–H and O–H groups in total. The highest BCUT2D eigenvalue weighted by Crippen LogP contribution is 2.37. The lowest BCUT2D eigenvalue weighted by molar-refractivity contribution is -0.0694. The molecule has 20 heavy (non-hydrogen) atoms. The van der Waals surface area contributed by atoms with Gasteiger partial charge in [-0.2, -0.15) is 0 Å². The van der Waals surface area contributed by atoms with E-state index in [1.165, 1.54) is 19.3 Å². The minimum absolute atomic E-state index is 0.0934. The Morgan fingerprint density at radius 3 is 2.15 bits per heavy atom. The summed E-state index contributed by atoms with van der Waals surface area (Å²) in [6, 6.07) is 1.61. The molecule has 116 valence electrons. The first kappa shape index (κ1) is 14.7. The van der Waals surface area contributed by atoms with E-state index in [9.17, 15) is 8.78 Å². The van der Waals surface area contributed by atoms with Crippen LogP contribution in [0, 0.1) is 0 Å². The van der Waals surface area contributed by atoms with Gasteiger partial charge in [-0.25, -0.2) is 8.78 Å². The first-order chi connectivity index (χ1) is 9.55. The number of hydrogen-bond acceptors (Lipinski definition) is 2. The van der Waals surface area contributed by atoms with Crippen molar-refractivity contribution >= 4 is 0 Å². The van der Waals surface area contributed by atoms with Crippen molar-refractivity contribution in [1.29, 1.82) is 0 Å². The molecule has 1 aliphatic heterocycles. The lowest BCUT2D eigenvalue weighted by atomic mass is 9.87. The van der Waals surface area contributed by atoms with E-state index in [0.717, 1.165) is 38.4 Å². The Kier molecular flexibility index (Phi) is 4.32. The van der Waals surface area contributed by atoms with Crippen molar-refractivity contribution in [2.45, 2.75) is 81.8 Å². The maximum atomic E-state index is 13.5. The zero-order valence-electron chi connectivity index (χ0n) is 12.7. The van der Waals surface area contributed by atoms with Crippen molar-refractivity contribution in [2.24, 2.45) is 0 Å². The van der Waals surface area contributed by atoms with Crippen molar-refractivity contribution < 1.29 is 8.78 Å². The molecule has 3 aliphatic rings. The fourth-order valence-corrected chi connectivity index (χ4v) is 4.21. The van der Waals surface area contributed by atoms with Crippen molar-refractivity contribution in [1.82, 2.24) is 9.80 Å². The van der Waals surface area contributed by atoms with Crippen LogP contribution in [-0.2, 0) is 0 Å². The topological polar surface area (TPSA) is 6.48 Å². The zero-order chi connectivity index (χ0) is 14.2. The third-order valence-corrected chi connectivity index (χ3v) is 5.86. The lowest BCUT2D eigenvalue weighted by Crippen LogP contribution is -2.52. The van der Waals surface area contributed by atoms with Crippen LogP contribution in [0.1, 0.15) is 57.8 Å². The highest BCUT2D eigenvalue weighted by Gasteiger charge is 2.40. The summed E-state index contributed by atoms with van der Waals surface area (Å²) in [7, 11) is 2.26. The van der Waals surface area contributed by atoms with Gasteiger partial charge in [0.2, 0.25) is 5.92 Å². The first-order valence-corrected chi connectivity index (χ1v) is 8.39. The minimum atomic E-state index is -2.41. The SMILES string of the molecule is CN(C1CCC1)C1CCN([C@H]2CCCC(F)(F)C2)CC1. The molecule has 3 rings (SSSR count). The number of rotatable bonds is 3. The molecule has 0 aromatic rings. The predicted octanol–water partition coefficient (Wildman–Crippen LogP) is 3.51. The molecular weight excluding hydrogens is 258 g/mol. The Balaban J connectivity index is 1.48. The summed E-state index contributed by atoms with van der Waals surface area (Å²) in [6.45, 7) is 2.03. The number of hydrogen-bond donors (Lipinski definition) is 0. The third-order valence-electron chi connectivity index (χ3n) is 5.86. The standard InChI is InChI=1S/C16H28F2N2/c1-19(13-4-2-5-13)14-7-10-20(11-8-14)15-6-3-9-16(17,18)12-15/h13-15H,2-12H2,1H3/t15-/m0/s1. The summed E-state index contributed by atoms with van der Waals surface area (Å²) < 4.78 is 27.1. The molecule has 3 fully saturated rings. The maximum absolute atomic E-state index is 13.5. The summed E-state index contributed by atoms with van der Waals surface area (Å²) in [5.41, 5.74) is 0. The lowest BCUT2D eigenvalue weighted by Gasteiger charge is -2.46. The van der Waals surface area contributed by atoms with Crippen LogP contribution in [0.4, 0.5) is 8.78 Å². The zero-order valence-corrected chi connectivity index (χ0v) is 12.7. The summed E-state index contributed by atoms with van der Waals surface area (Å²) in [4.78, 5) is 4.91. The fourth-order valence-electron chi connectivity index (χ4n) is 4.21. The molecular formula is C16H28F2N2. The van der Waals surface area contributed by atoms with Crippen LogP contribution < -0.4 is 0 Å². The average molecular weight is 286 g/mol. The molecule has 1 atom stereocenters. The van der Waals surface area contributed by atoms with Gasteiger partial charge < -0.3 is 9.80 Å². The van der Waals surface area contributed by atoms with Gasteiger partial charge >= 0.3 is 0 Å². The molecule has 2 nitrogen and oxygen atoms in total. The van der Waals surface area contributed by atoms with Gasteiger partial charge in [-0.05, 0) is 58.7 Å².